The molecule has 0 atom stereocenters. The van der Waals surface area contributed by atoms with E-state index in [9.17, 15) is 4.57 Å². The summed E-state index contributed by atoms with van der Waals surface area (Å²) in [4.78, 5) is 2.29. The van der Waals surface area contributed by atoms with Crippen LogP contribution in [0.4, 0.5) is 0 Å². The van der Waals surface area contributed by atoms with Gasteiger partial charge in [0.15, 0.2) is 0 Å². The fourth-order valence-electron chi connectivity index (χ4n) is 1.25. The van der Waals surface area contributed by atoms with Gasteiger partial charge in [0.2, 0.25) is 0 Å². The van der Waals surface area contributed by atoms with Gasteiger partial charge in [-0.2, -0.15) is 0 Å². The molecule has 0 unspecified atom stereocenters. The maximum Gasteiger partial charge on any atom is 0.389 e. The SMILES string of the molecule is C=C.CCOP(=O)(OCC)SCCN(CC)CC.N.N. The van der Waals surface area contributed by atoms with Gasteiger partial charge in [-0.15, -0.1) is 13.2 Å². The molecule has 0 fully saturated rings. The van der Waals surface area contributed by atoms with Crippen molar-refractivity contribution in [3.63, 3.8) is 0 Å². The Morgan fingerprint density at radius 2 is 1.40 bits per heavy atom. The summed E-state index contributed by atoms with van der Waals surface area (Å²) in [5, 5.41) is 0. The highest BCUT2D eigenvalue weighted by atomic mass is 32.7. The Labute approximate surface area is 129 Å². The van der Waals surface area contributed by atoms with Crippen LogP contribution in [0.1, 0.15) is 27.7 Å². The topological polar surface area (TPSA) is 109 Å². The minimum absolute atomic E-state index is 0. The van der Waals surface area contributed by atoms with E-state index in [2.05, 4.69) is 31.9 Å². The number of rotatable bonds is 10. The molecule has 0 rings (SSSR count). The molecule has 0 saturated carbocycles. The standard InChI is InChI=1S/C10H24NO3PS.C2H4.2H3N/c1-5-11(6-2)9-10-16-15(12,13-7-3)14-8-4;1-2;;/h5-10H2,1-4H3;1-2H2;2*1H3. The van der Waals surface area contributed by atoms with Crippen molar-refractivity contribution < 1.29 is 13.6 Å². The van der Waals surface area contributed by atoms with E-state index in [1.165, 1.54) is 11.4 Å². The lowest BCUT2D eigenvalue weighted by molar-refractivity contribution is 0.236. The molecule has 6 N–H and O–H groups in total. The number of hydrogen-bond donors (Lipinski definition) is 2. The maximum absolute atomic E-state index is 12.1. The quantitative estimate of drug-likeness (QED) is 0.452. The molecule has 0 aromatic rings. The largest absolute Gasteiger partial charge is 0.389 e. The summed E-state index contributed by atoms with van der Waals surface area (Å²) in [7, 11) is 0. The van der Waals surface area contributed by atoms with Crippen LogP contribution in [0.15, 0.2) is 13.2 Å². The second-order valence-corrected chi connectivity index (χ2v) is 7.34. The zero-order chi connectivity index (χ0) is 14.4. The van der Waals surface area contributed by atoms with Gasteiger partial charge < -0.3 is 26.2 Å². The molecule has 6 nitrogen and oxygen atoms in total. The summed E-state index contributed by atoms with van der Waals surface area (Å²) in [6, 6.07) is 0. The predicted molar refractivity (Wildman–Crippen MR) is 92.4 cm³/mol. The third-order valence-corrected chi connectivity index (χ3v) is 6.08. The van der Waals surface area contributed by atoms with Gasteiger partial charge in [-0.25, -0.2) is 4.57 Å². The van der Waals surface area contributed by atoms with E-state index < -0.39 is 6.80 Å². The van der Waals surface area contributed by atoms with Gasteiger partial charge in [-0.3, -0.25) is 0 Å². The van der Waals surface area contributed by atoms with Crippen LogP contribution in [0.25, 0.3) is 0 Å². The van der Waals surface area contributed by atoms with Gasteiger partial charge in [0.25, 0.3) is 0 Å². The fraction of sp³-hybridized carbons (Fsp3) is 0.833. The van der Waals surface area contributed by atoms with E-state index in [1.807, 2.05) is 13.8 Å². The van der Waals surface area contributed by atoms with Gasteiger partial charge in [0.1, 0.15) is 0 Å². The van der Waals surface area contributed by atoms with E-state index in [0.29, 0.717) is 13.2 Å². The third-order valence-electron chi connectivity index (χ3n) is 2.13. The van der Waals surface area contributed by atoms with Gasteiger partial charge in [0, 0.05) is 12.3 Å². The zero-order valence-electron chi connectivity index (χ0n) is 13.6. The molecule has 0 aromatic carbocycles. The zero-order valence-corrected chi connectivity index (χ0v) is 15.3. The van der Waals surface area contributed by atoms with Crippen LogP contribution < -0.4 is 12.3 Å². The molecule has 0 aliphatic carbocycles. The first-order valence-corrected chi connectivity index (χ1v) is 9.51. The maximum atomic E-state index is 12.1. The Kier molecular flexibility index (Phi) is 27.1. The average molecular weight is 331 g/mol. The minimum atomic E-state index is -2.91. The molecule has 0 bridgehead atoms. The van der Waals surface area contributed by atoms with Gasteiger partial charge in [-0.05, 0) is 38.3 Å². The normalized spacial score (nSPS) is 10.1. The molecule has 0 amide bonds. The lowest BCUT2D eigenvalue weighted by Gasteiger charge is -2.20. The van der Waals surface area contributed by atoms with E-state index in [-0.39, 0.29) is 12.3 Å². The van der Waals surface area contributed by atoms with Crippen LogP contribution in [-0.4, -0.2) is 43.5 Å². The summed E-state index contributed by atoms with van der Waals surface area (Å²) in [6.45, 7) is 14.8. The molecular weight excluding hydrogens is 297 g/mol. The highest BCUT2D eigenvalue weighted by molar-refractivity contribution is 8.55. The minimum Gasteiger partial charge on any atom is -0.344 e. The summed E-state index contributed by atoms with van der Waals surface area (Å²) < 4.78 is 22.5. The van der Waals surface area contributed by atoms with Crippen LogP contribution in [0.5, 0.6) is 0 Å². The molecule has 126 valence electrons. The highest BCUT2D eigenvalue weighted by Crippen LogP contribution is 2.60. The third kappa shape index (κ3) is 14.5. The Hall–Kier alpha value is 0.120. The average Bonchev–Trinajstić information content (AvgIpc) is 2.38. The van der Waals surface area contributed by atoms with Gasteiger partial charge in [0.05, 0.1) is 13.2 Å². The van der Waals surface area contributed by atoms with Crippen molar-refractivity contribution in [3.05, 3.63) is 13.2 Å². The summed E-state index contributed by atoms with van der Waals surface area (Å²) in [5.74, 6) is 0.777. The van der Waals surface area contributed by atoms with Gasteiger partial charge >= 0.3 is 6.80 Å². The molecule has 0 saturated heterocycles. The molecular formula is C12H34N3O3PS. The van der Waals surface area contributed by atoms with Crippen molar-refractivity contribution in [2.75, 3.05) is 38.6 Å². The van der Waals surface area contributed by atoms with E-state index >= 15 is 0 Å². The molecule has 8 heteroatoms. The molecule has 20 heavy (non-hydrogen) atoms. The van der Waals surface area contributed by atoms with Crippen molar-refractivity contribution in [1.29, 1.82) is 0 Å². The Balaban J connectivity index is -0.000000304. The van der Waals surface area contributed by atoms with Gasteiger partial charge in [-0.1, -0.05) is 13.8 Å². The van der Waals surface area contributed by atoms with Crippen molar-refractivity contribution in [1.82, 2.24) is 17.2 Å². The van der Waals surface area contributed by atoms with Crippen molar-refractivity contribution in [3.8, 4) is 0 Å². The Morgan fingerprint density at radius 3 is 1.70 bits per heavy atom. The fourth-order valence-corrected chi connectivity index (χ4v) is 4.66. The van der Waals surface area contributed by atoms with Crippen LogP contribution in [-0.2, 0) is 13.6 Å². The van der Waals surface area contributed by atoms with E-state index in [0.717, 1.165) is 25.4 Å². The first kappa shape index (κ1) is 28.3. The predicted octanol–water partition coefficient (Wildman–Crippen LogP) is 4.37. The monoisotopic (exact) mass is 331 g/mol. The van der Waals surface area contributed by atoms with Crippen molar-refractivity contribution >= 4 is 18.2 Å². The van der Waals surface area contributed by atoms with Crippen LogP contribution in [0, 0.1) is 0 Å². The second-order valence-electron chi connectivity index (χ2n) is 3.14. The molecule has 0 aliphatic heterocycles. The van der Waals surface area contributed by atoms with E-state index in [4.69, 9.17) is 9.05 Å². The highest BCUT2D eigenvalue weighted by Gasteiger charge is 2.24. The first-order chi connectivity index (χ1) is 8.61. The van der Waals surface area contributed by atoms with Crippen molar-refractivity contribution in [2.45, 2.75) is 27.7 Å². The lowest BCUT2D eigenvalue weighted by Crippen LogP contribution is -2.25. The molecule has 0 aliphatic rings. The molecule has 0 heterocycles. The first-order valence-electron chi connectivity index (χ1n) is 6.37. The smallest absolute Gasteiger partial charge is 0.344 e. The van der Waals surface area contributed by atoms with Crippen LogP contribution in [0.2, 0.25) is 0 Å². The second kappa shape index (κ2) is 19.1. The molecule has 0 spiro atoms. The molecule has 0 aromatic heterocycles. The van der Waals surface area contributed by atoms with Crippen LogP contribution >= 0.6 is 18.2 Å². The van der Waals surface area contributed by atoms with Crippen LogP contribution in [0.3, 0.4) is 0 Å². The summed E-state index contributed by atoms with van der Waals surface area (Å²) in [6.07, 6.45) is 0. The molecule has 0 radical (unpaired) electrons. The number of hydrogen-bond acceptors (Lipinski definition) is 7. The Morgan fingerprint density at radius 1 is 1.00 bits per heavy atom. The Bertz CT molecular complexity index is 222. The number of nitrogens with zero attached hydrogens (tertiary/aromatic N) is 1. The lowest BCUT2D eigenvalue weighted by atomic mass is 10.5. The summed E-state index contributed by atoms with van der Waals surface area (Å²) >= 11 is 1.30. The van der Waals surface area contributed by atoms with Crippen molar-refractivity contribution in [2.24, 2.45) is 0 Å². The summed E-state index contributed by atoms with van der Waals surface area (Å²) in [5.41, 5.74) is 0. The van der Waals surface area contributed by atoms with E-state index in [1.54, 1.807) is 0 Å².